The third-order valence-electron chi connectivity index (χ3n) is 4.03. The van der Waals surface area contributed by atoms with E-state index in [2.05, 4.69) is 5.10 Å². The molecular weight excluding hydrogens is 278 g/mol. The Bertz CT molecular complexity index is 665. The Morgan fingerprint density at radius 2 is 2.27 bits per heavy atom. The van der Waals surface area contributed by atoms with Gasteiger partial charge in [0.1, 0.15) is 12.4 Å². The van der Waals surface area contributed by atoms with Crippen molar-refractivity contribution in [1.82, 2.24) is 14.7 Å². The molecule has 116 valence electrons. The van der Waals surface area contributed by atoms with Crippen molar-refractivity contribution in [2.45, 2.75) is 26.4 Å². The standard InChI is InChI=1S/C17H21N3O2/c1-3-20-11-13(9-18-20)10-19(2)17(21)15-8-14-6-4-5-7-16(14)22-12-15/h4-7,9,11,15H,3,8,10,12H2,1-2H3. The summed E-state index contributed by atoms with van der Waals surface area (Å²) in [6.45, 7) is 3.92. The maximum absolute atomic E-state index is 12.6. The number of nitrogens with zero attached hydrogens (tertiary/aromatic N) is 3. The van der Waals surface area contributed by atoms with Crippen molar-refractivity contribution < 1.29 is 9.53 Å². The minimum absolute atomic E-state index is 0.110. The molecular formula is C17H21N3O2. The zero-order valence-electron chi connectivity index (χ0n) is 13.0. The second-order valence-corrected chi connectivity index (χ2v) is 5.72. The zero-order chi connectivity index (χ0) is 15.5. The number of benzene rings is 1. The molecule has 0 radical (unpaired) electrons. The number of fused-ring (bicyclic) bond motifs is 1. The highest BCUT2D eigenvalue weighted by Gasteiger charge is 2.28. The lowest BCUT2D eigenvalue weighted by atomic mass is 9.95. The third-order valence-corrected chi connectivity index (χ3v) is 4.03. The second-order valence-electron chi connectivity index (χ2n) is 5.72. The number of aromatic nitrogens is 2. The molecule has 2 aromatic rings. The lowest BCUT2D eigenvalue weighted by molar-refractivity contribution is -0.136. The Morgan fingerprint density at radius 1 is 1.45 bits per heavy atom. The highest BCUT2D eigenvalue weighted by Crippen LogP contribution is 2.27. The van der Waals surface area contributed by atoms with Crippen molar-refractivity contribution in [3.05, 3.63) is 47.8 Å². The number of rotatable bonds is 4. The molecule has 0 bridgehead atoms. The number of aryl methyl sites for hydroxylation is 1. The number of carbonyl (C=O) groups is 1. The fourth-order valence-corrected chi connectivity index (χ4v) is 2.81. The molecule has 1 aromatic heterocycles. The van der Waals surface area contributed by atoms with Gasteiger partial charge < -0.3 is 9.64 Å². The van der Waals surface area contributed by atoms with E-state index in [1.165, 1.54) is 0 Å². The first-order chi connectivity index (χ1) is 10.7. The molecule has 2 heterocycles. The molecule has 1 aromatic carbocycles. The number of para-hydroxylation sites is 1. The van der Waals surface area contributed by atoms with E-state index in [0.717, 1.165) is 29.8 Å². The van der Waals surface area contributed by atoms with Gasteiger partial charge in [-0.2, -0.15) is 5.10 Å². The van der Waals surface area contributed by atoms with Crippen molar-refractivity contribution in [1.29, 1.82) is 0 Å². The Kier molecular flexibility index (Phi) is 4.13. The average Bonchev–Trinajstić information content (AvgIpc) is 3.01. The number of hydrogen-bond donors (Lipinski definition) is 0. The van der Waals surface area contributed by atoms with Crippen LogP contribution in [0.15, 0.2) is 36.7 Å². The van der Waals surface area contributed by atoms with E-state index in [-0.39, 0.29) is 11.8 Å². The molecule has 0 spiro atoms. The Balaban J connectivity index is 1.64. The Labute approximate surface area is 130 Å². The monoisotopic (exact) mass is 299 g/mol. The highest BCUT2D eigenvalue weighted by molar-refractivity contribution is 5.79. The van der Waals surface area contributed by atoms with Gasteiger partial charge in [0.2, 0.25) is 5.91 Å². The molecule has 0 saturated carbocycles. The van der Waals surface area contributed by atoms with Crippen molar-refractivity contribution in [2.24, 2.45) is 5.92 Å². The second kappa shape index (κ2) is 6.22. The summed E-state index contributed by atoms with van der Waals surface area (Å²) in [5.41, 5.74) is 2.16. The molecule has 1 unspecified atom stereocenters. The fraction of sp³-hybridized carbons (Fsp3) is 0.412. The average molecular weight is 299 g/mol. The summed E-state index contributed by atoms with van der Waals surface area (Å²) in [6, 6.07) is 7.93. The first-order valence-corrected chi connectivity index (χ1v) is 7.64. The van der Waals surface area contributed by atoms with Crippen LogP contribution in [0.4, 0.5) is 0 Å². The first-order valence-electron chi connectivity index (χ1n) is 7.64. The van der Waals surface area contributed by atoms with Gasteiger partial charge in [-0.05, 0) is 25.0 Å². The first kappa shape index (κ1) is 14.6. The smallest absolute Gasteiger partial charge is 0.229 e. The topological polar surface area (TPSA) is 47.4 Å². The van der Waals surface area contributed by atoms with E-state index in [1.54, 1.807) is 4.90 Å². The van der Waals surface area contributed by atoms with Crippen LogP contribution in [-0.2, 0) is 24.3 Å². The van der Waals surface area contributed by atoms with E-state index < -0.39 is 0 Å². The Morgan fingerprint density at radius 3 is 3.05 bits per heavy atom. The van der Waals surface area contributed by atoms with Gasteiger partial charge >= 0.3 is 0 Å². The lowest BCUT2D eigenvalue weighted by Gasteiger charge is -2.28. The highest BCUT2D eigenvalue weighted by atomic mass is 16.5. The minimum Gasteiger partial charge on any atom is -0.492 e. The van der Waals surface area contributed by atoms with E-state index in [0.29, 0.717) is 13.2 Å². The number of ether oxygens (including phenoxy) is 1. The third kappa shape index (κ3) is 2.98. The van der Waals surface area contributed by atoms with Crippen molar-refractivity contribution in [3.63, 3.8) is 0 Å². The van der Waals surface area contributed by atoms with Crippen LogP contribution < -0.4 is 4.74 Å². The van der Waals surface area contributed by atoms with Gasteiger partial charge in [-0.25, -0.2) is 0 Å². The zero-order valence-corrected chi connectivity index (χ0v) is 13.0. The van der Waals surface area contributed by atoms with Crippen molar-refractivity contribution in [3.8, 4) is 5.75 Å². The SMILES string of the molecule is CCn1cc(CN(C)C(=O)C2COc3ccccc3C2)cn1. The molecule has 22 heavy (non-hydrogen) atoms. The summed E-state index contributed by atoms with van der Waals surface area (Å²) in [4.78, 5) is 14.4. The molecule has 1 amide bonds. The predicted molar refractivity (Wildman–Crippen MR) is 83.5 cm³/mol. The van der Waals surface area contributed by atoms with E-state index in [1.807, 2.05) is 55.3 Å². The van der Waals surface area contributed by atoms with Crippen LogP contribution in [-0.4, -0.2) is 34.2 Å². The summed E-state index contributed by atoms with van der Waals surface area (Å²) in [5.74, 6) is 0.915. The van der Waals surface area contributed by atoms with E-state index in [4.69, 9.17) is 4.74 Å². The van der Waals surface area contributed by atoms with Crippen LogP contribution in [0.5, 0.6) is 5.75 Å². The predicted octanol–water partition coefficient (Wildman–Crippen LogP) is 2.11. The van der Waals surface area contributed by atoms with Crippen molar-refractivity contribution in [2.75, 3.05) is 13.7 Å². The van der Waals surface area contributed by atoms with E-state index in [9.17, 15) is 4.79 Å². The van der Waals surface area contributed by atoms with Gasteiger partial charge in [-0.3, -0.25) is 9.48 Å². The van der Waals surface area contributed by atoms with Gasteiger partial charge in [0.15, 0.2) is 0 Å². The number of carbonyl (C=O) groups excluding carboxylic acids is 1. The van der Waals surface area contributed by atoms with Crippen LogP contribution in [0, 0.1) is 5.92 Å². The van der Waals surface area contributed by atoms with Gasteiger partial charge in [0.05, 0.1) is 12.1 Å². The molecule has 3 rings (SSSR count). The van der Waals surface area contributed by atoms with Crippen LogP contribution in [0.2, 0.25) is 0 Å². The molecule has 0 saturated heterocycles. The molecule has 1 aliphatic heterocycles. The maximum Gasteiger partial charge on any atom is 0.229 e. The maximum atomic E-state index is 12.6. The number of amides is 1. The Hall–Kier alpha value is -2.30. The molecule has 5 nitrogen and oxygen atoms in total. The van der Waals surface area contributed by atoms with Gasteiger partial charge in [-0.1, -0.05) is 18.2 Å². The number of hydrogen-bond acceptors (Lipinski definition) is 3. The van der Waals surface area contributed by atoms with Crippen molar-refractivity contribution >= 4 is 5.91 Å². The quantitative estimate of drug-likeness (QED) is 0.869. The molecule has 1 atom stereocenters. The summed E-state index contributed by atoms with van der Waals surface area (Å²) >= 11 is 0. The lowest BCUT2D eigenvalue weighted by Crippen LogP contribution is -2.38. The molecule has 0 N–H and O–H groups in total. The summed E-state index contributed by atoms with van der Waals surface area (Å²) in [5, 5.41) is 4.24. The minimum atomic E-state index is -0.110. The van der Waals surface area contributed by atoms with Crippen LogP contribution in [0.25, 0.3) is 0 Å². The van der Waals surface area contributed by atoms with Crippen LogP contribution in [0.1, 0.15) is 18.1 Å². The van der Waals surface area contributed by atoms with E-state index >= 15 is 0 Å². The molecule has 1 aliphatic rings. The van der Waals surface area contributed by atoms with Crippen LogP contribution >= 0.6 is 0 Å². The fourth-order valence-electron chi connectivity index (χ4n) is 2.81. The van der Waals surface area contributed by atoms with Gasteiger partial charge in [-0.15, -0.1) is 0 Å². The summed E-state index contributed by atoms with van der Waals surface area (Å²) in [6.07, 6.45) is 4.55. The molecule has 0 fully saturated rings. The molecule has 5 heteroatoms. The summed E-state index contributed by atoms with van der Waals surface area (Å²) < 4.78 is 7.58. The van der Waals surface area contributed by atoms with Gasteiger partial charge in [0, 0.05) is 31.9 Å². The largest absolute Gasteiger partial charge is 0.492 e. The summed E-state index contributed by atoms with van der Waals surface area (Å²) in [7, 11) is 1.84. The van der Waals surface area contributed by atoms with Crippen LogP contribution in [0.3, 0.4) is 0 Å². The van der Waals surface area contributed by atoms with Gasteiger partial charge in [0.25, 0.3) is 0 Å². The normalized spacial score (nSPS) is 16.7. The molecule has 0 aliphatic carbocycles.